The number of carbonyl (C=O) groups is 15. The molecule has 27 N–H and O–H groups in total. The zero-order chi connectivity index (χ0) is 82.2. The fourth-order valence-corrected chi connectivity index (χ4v) is 12.0. The second-order valence-electron chi connectivity index (χ2n) is 27.9. The summed E-state index contributed by atoms with van der Waals surface area (Å²) in [7, 11) is 0. The summed E-state index contributed by atoms with van der Waals surface area (Å²) in [6, 6.07) is -8.80. The van der Waals surface area contributed by atoms with Crippen molar-refractivity contribution in [3.63, 3.8) is 0 Å². The first-order chi connectivity index (χ1) is 51.9. The number of likely N-dealkylation sites (tertiary alicyclic amines) is 1. The summed E-state index contributed by atoms with van der Waals surface area (Å²) in [5.74, 6) is -17.9. The molecule has 2 aromatic carbocycles. The number of amides is 13. The van der Waals surface area contributed by atoms with Crippen molar-refractivity contribution >= 4 is 99.6 Å². The second kappa shape index (κ2) is 45.5. The number of H-pyrrole nitrogens is 1. The van der Waals surface area contributed by atoms with Crippen molar-refractivity contribution < 1.29 is 108 Å². The third kappa shape index (κ3) is 29.2. The van der Waals surface area contributed by atoms with Crippen molar-refractivity contribution in [2.24, 2.45) is 34.8 Å². The van der Waals surface area contributed by atoms with Crippen LogP contribution in [0.4, 0.5) is 0 Å². The number of carboxylic acid groups (broad SMARTS) is 2. The van der Waals surface area contributed by atoms with Crippen LogP contribution in [-0.4, -0.2) is 258 Å². The van der Waals surface area contributed by atoms with E-state index in [-0.39, 0.29) is 82.5 Å². The number of aliphatic hydroxyl groups is 4. The number of hydrogen-bond acceptors (Lipinski definition) is 23. The lowest BCUT2D eigenvalue weighted by Crippen LogP contribution is -2.63. The molecule has 0 spiro atoms. The van der Waals surface area contributed by atoms with Gasteiger partial charge in [0.2, 0.25) is 76.8 Å². The van der Waals surface area contributed by atoms with E-state index in [1.165, 1.54) is 44.3 Å². The molecular weight excluding hydrogens is 1440 g/mol. The van der Waals surface area contributed by atoms with E-state index in [2.05, 4.69) is 63.5 Å². The van der Waals surface area contributed by atoms with E-state index in [4.69, 9.17) is 22.9 Å². The molecule has 3 aromatic rings. The first-order valence-corrected chi connectivity index (χ1v) is 36.4. The van der Waals surface area contributed by atoms with Crippen molar-refractivity contribution in [2.45, 2.75) is 222 Å². The molecule has 0 unspecified atom stereocenters. The number of aliphatic hydroxyl groups excluding tert-OH is 4. The normalized spacial score (nSPS) is 16.6. The molecule has 39 heteroatoms. The zero-order valence-corrected chi connectivity index (χ0v) is 62.5. The van der Waals surface area contributed by atoms with E-state index >= 15 is 0 Å². The minimum Gasteiger partial charge on any atom is -0.508 e. The molecule has 0 aliphatic carbocycles. The average Bonchev–Trinajstić information content (AvgIpc) is 1.58. The van der Waals surface area contributed by atoms with Gasteiger partial charge >= 0.3 is 11.9 Å². The van der Waals surface area contributed by atoms with Crippen molar-refractivity contribution in [1.82, 2.24) is 68.4 Å². The van der Waals surface area contributed by atoms with Gasteiger partial charge in [0.25, 0.3) is 0 Å². The predicted molar refractivity (Wildman–Crippen MR) is 394 cm³/mol. The summed E-state index contributed by atoms with van der Waals surface area (Å²) in [5, 5.41) is 98.7. The second-order valence-corrected chi connectivity index (χ2v) is 27.9. The lowest BCUT2D eigenvalue weighted by molar-refractivity contribution is -0.143. The highest BCUT2D eigenvalue weighted by atomic mass is 16.4. The third-order valence-electron chi connectivity index (χ3n) is 18.1. The van der Waals surface area contributed by atoms with Crippen LogP contribution in [0.5, 0.6) is 5.75 Å². The van der Waals surface area contributed by atoms with Gasteiger partial charge in [-0.15, -0.1) is 0 Å². The summed E-state index contributed by atoms with van der Waals surface area (Å²) in [5.41, 5.74) is 24.3. The molecule has 0 bridgehead atoms. The summed E-state index contributed by atoms with van der Waals surface area (Å²) in [6.07, 6.45) is -2.90. The Labute approximate surface area is 634 Å². The Balaban J connectivity index is 1.53. The number of aromatic amines is 1. The molecule has 0 radical (unpaired) electrons. The number of hydrogen-bond donors (Lipinski definition) is 23. The fraction of sp³-hybridized carbons (Fsp3) is 0.592. The maximum Gasteiger partial charge on any atom is 0.328 e. The zero-order valence-electron chi connectivity index (χ0n) is 62.5. The van der Waals surface area contributed by atoms with E-state index < -0.39 is 218 Å². The Morgan fingerprint density at radius 2 is 1.00 bits per heavy atom. The Morgan fingerprint density at radius 1 is 0.527 bits per heavy atom. The molecule has 15 atom stereocenters. The van der Waals surface area contributed by atoms with E-state index in [0.29, 0.717) is 41.4 Å². The molecule has 1 aromatic heterocycles. The number of phenolic OH excluding ortho intramolecular Hbond substituents is 1. The standard InChI is InChI=1S/C71H109N17O22/c1-35(2)28-47(81-69(107)58(38(6)92)86-64(102)48(29-39-19-21-41(93)22-20-39)80-66(104)53-18-13-27-88(53)70(108)50(31-54(75)94)82-59(97)43(74)15-9-11-25-72)63(101)85-56(36(3)4)67(105)83-51(33-89)65(103)87-57(37(5)91)68(106)78-45(17-10-12-26-73)60(98)77-46(23-24-55(95)96)61(99)79-49(62(100)84-52(34-90)71(109)110)30-40-32-76-44-16-8-7-14-42(40)44/h7-8,14,16,19-22,32,35-38,43,45-53,56-58,76,89-93H,9-13,15,17-18,23-31,33-34,72-74H2,1-6H3,(H2,75,94)(H,77,98)(H,78,106)(H,79,99)(H,80,104)(H,81,107)(H,82,97)(H,83,105)(H,84,100)(H,85,101)(H,86,102)(H,87,103)(H,95,96)(H,109,110)/t37-,38-,43+,45+,46+,47+,48+,49+,50+,51+,52+,53+,56+,57+,58+/m1/s1. The Morgan fingerprint density at radius 3 is 1.55 bits per heavy atom. The highest BCUT2D eigenvalue weighted by Gasteiger charge is 2.42. The lowest BCUT2D eigenvalue weighted by atomic mass is 9.99. The van der Waals surface area contributed by atoms with Gasteiger partial charge in [0.15, 0.2) is 0 Å². The number of rotatable bonds is 48. The molecule has 1 saturated heterocycles. The van der Waals surface area contributed by atoms with Gasteiger partial charge in [-0.05, 0) is 126 Å². The van der Waals surface area contributed by atoms with Crippen LogP contribution >= 0.6 is 0 Å². The molecule has 39 nitrogen and oxygen atoms in total. The molecule has 1 fully saturated rings. The van der Waals surface area contributed by atoms with Crippen LogP contribution in [-0.2, 0) is 84.8 Å². The summed E-state index contributed by atoms with van der Waals surface area (Å²) >= 11 is 0. The Kier molecular flexibility index (Phi) is 38.0. The fourth-order valence-electron chi connectivity index (χ4n) is 12.0. The minimum atomic E-state index is -1.97. The number of nitrogens with two attached hydrogens (primary N) is 4. The molecular formula is C71H109N17O22. The van der Waals surface area contributed by atoms with Gasteiger partial charge in [-0.1, -0.05) is 64.4 Å². The molecule has 0 saturated carbocycles. The van der Waals surface area contributed by atoms with E-state index in [0.717, 1.165) is 18.7 Å². The van der Waals surface area contributed by atoms with Gasteiger partial charge in [0.05, 0.1) is 37.9 Å². The van der Waals surface area contributed by atoms with E-state index in [1.807, 2.05) is 0 Å². The van der Waals surface area contributed by atoms with Gasteiger partial charge in [-0.25, -0.2) is 4.79 Å². The van der Waals surface area contributed by atoms with Gasteiger partial charge in [-0.2, -0.15) is 0 Å². The number of fused-ring (bicyclic) bond motifs is 1. The highest BCUT2D eigenvalue weighted by molar-refractivity contribution is 6.01. The van der Waals surface area contributed by atoms with Gasteiger partial charge < -0.3 is 127 Å². The molecule has 2 heterocycles. The Bertz CT molecular complexity index is 3650. The van der Waals surface area contributed by atoms with Gasteiger partial charge in [0, 0.05) is 42.9 Å². The van der Waals surface area contributed by atoms with E-state index in [9.17, 15) is 108 Å². The SMILES string of the molecule is CC(C)C[C@H](NC(=O)[C@@H](NC(=O)[C@H](Cc1ccc(O)cc1)NC(=O)[C@@H]1CCCN1C(=O)[C@H](CC(N)=O)NC(=O)[C@@H](N)CCCCN)[C@@H](C)O)C(=O)N[C@H](C(=O)N[C@@H](CO)C(=O)N[C@H](C(=O)N[C@@H](CCCCN)C(=O)N[C@@H](CCC(=O)O)C(=O)N[C@@H](Cc1c[nH]c2ccccc12)C(=O)N[C@@H](CO)C(=O)O)[C@@H](C)O)C(C)C. The summed E-state index contributed by atoms with van der Waals surface area (Å²) in [6.45, 7) is 6.78. The number of aromatic hydroxyl groups is 1. The van der Waals surface area contributed by atoms with Gasteiger partial charge in [-0.3, -0.25) is 67.1 Å². The number of unbranched alkanes of at least 4 members (excludes halogenated alkanes) is 2. The van der Waals surface area contributed by atoms with Crippen molar-refractivity contribution in [3.05, 3.63) is 65.9 Å². The number of benzene rings is 2. The van der Waals surface area contributed by atoms with E-state index in [1.54, 1.807) is 38.1 Å². The molecule has 1 aliphatic heterocycles. The quantitative estimate of drug-likeness (QED) is 0.0234. The first kappa shape index (κ1) is 91.9. The number of para-hydroxylation sites is 1. The Hall–Kier alpha value is -10.5. The smallest absolute Gasteiger partial charge is 0.328 e. The minimum absolute atomic E-state index is 0.0205. The molecule has 4 rings (SSSR count). The number of nitrogens with one attached hydrogen (secondary N) is 12. The molecule has 610 valence electrons. The number of carbonyl (C=O) groups excluding carboxylic acids is 13. The van der Waals surface area contributed by atoms with Crippen LogP contribution in [0.1, 0.15) is 130 Å². The number of nitrogens with zero attached hydrogens (tertiary/aromatic N) is 1. The summed E-state index contributed by atoms with van der Waals surface area (Å²) < 4.78 is 0. The van der Waals surface area contributed by atoms with Crippen molar-refractivity contribution in [1.29, 1.82) is 0 Å². The maximum absolute atomic E-state index is 14.5. The first-order valence-electron chi connectivity index (χ1n) is 36.4. The lowest BCUT2D eigenvalue weighted by Gasteiger charge is -2.31. The van der Waals surface area contributed by atoms with Crippen LogP contribution in [0.3, 0.4) is 0 Å². The van der Waals surface area contributed by atoms with Crippen molar-refractivity contribution in [3.8, 4) is 5.75 Å². The van der Waals surface area contributed by atoms with Crippen LogP contribution in [0.15, 0.2) is 54.7 Å². The molecule has 110 heavy (non-hydrogen) atoms. The summed E-state index contributed by atoms with van der Waals surface area (Å²) in [4.78, 5) is 209. The molecule has 13 amide bonds. The van der Waals surface area contributed by atoms with Crippen LogP contribution in [0.25, 0.3) is 10.9 Å². The van der Waals surface area contributed by atoms with Gasteiger partial charge in [0.1, 0.15) is 78.3 Å². The monoisotopic (exact) mass is 1550 g/mol. The average molecular weight is 1550 g/mol. The highest BCUT2D eigenvalue weighted by Crippen LogP contribution is 2.23. The van der Waals surface area contributed by atoms with Crippen molar-refractivity contribution in [2.75, 3.05) is 32.8 Å². The number of aliphatic carboxylic acids is 2. The number of phenols is 1. The molecule has 1 aliphatic rings. The van der Waals surface area contributed by atoms with Crippen LogP contribution < -0.4 is 81.4 Å². The number of carboxylic acids is 2. The predicted octanol–water partition coefficient (Wildman–Crippen LogP) is -6.16. The van der Waals surface area contributed by atoms with Crippen LogP contribution in [0, 0.1) is 11.8 Å². The maximum atomic E-state index is 14.5. The van der Waals surface area contributed by atoms with Crippen LogP contribution in [0.2, 0.25) is 0 Å². The number of primary amides is 1. The third-order valence-corrected chi connectivity index (χ3v) is 18.1. The number of aromatic nitrogens is 1. The largest absolute Gasteiger partial charge is 0.508 e. The topological polar surface area (TPSA) is 653 Å².